The average molecular weight is 350 g/mol. The lowest BCUT2D eigenvalue weighted by molar-refractivity contribution is 0.0949. The highest BCUT2D eigenvalue weighted by atomic mass is 32.2. The Bertz CT molecular complexity index is 915. The number of pyridine rings is 1. The van der Waals surface area contributed by atoms with Gasteiger partial charge in [-0.05, 0) is 41.7 Å². The zero-order valence-electron chi connectivity index (χ0n) is 14.4. The Balaban J connectivity index is 2.84. The Morgan fingerprint density at radius 2 is 1.83 bits per heavy atom. The largest absolute Gasteiger partial charge is 0.289 e. The molecule has 0 aliphatic rings. The first-order valence-corrected chi connectivity index (χ1v) is 9.26. The van der Waals surface area contributed by atoms with Gasteiger partial charge in [0, 0.05) is 11.1 Å². The highest BCUT2D eigenvalue weighted by molar-refractivity contribution is 7.92. The Kier molecular flexibility index (Phi) is 4.56. The molecular formula is C16H22N4O3S. The molecule has 0 spiro atoms. The molecule has 0 saturated heterocycles. The first-order chi connectivity index (χ1) is 10.9. The van der Waals surface area contributed by atoms with Crippen molar-refractivity contribution in [3.8, 4) is 0 Å². The number of sulfonamides is 1. The number of aromatic nitrogens is 1. The van der Waals surface area contributed by atoms with Gasteiger partial charge in [-0.3, -0.25) is 14.9 Å². The van der Waals surface area contributed by atoms with Gasteiger partial charge in [-0.25, -0.2) is 19.2 Å². The van der Waals surface area contributed by atoms with Crippen molar-refractivity contribution >= 4 is 32.5 Å². The predicted octanol–water partition coefficient (Wildman–Crippen LogP) is 1.82. The number of aryl methyl sites for hydroxylation is 1. The van der Waals surface area contributed by atoms with Gasteiger partial charge < -0.3 is 0 Å². The van der Waals surface area contributed by atoms with Crippen molar-refractivity contribution in [2.24, 2.45) is 5.84 Å². The average Bonchev–Trinajstić information content (AvgIpc) is 2.43. The highest BCUT2D eigenvalue weighted by Crippen LogP contribution is 2.34. The lowest BCUT2D eigenvalue weighted by Gasteiger charge is -2.23. The molecule has 0 radical (unpaired) electrons. The third kappa shape index (κ3) is 3.82. The highest BCUT2D eigenvalue weighted by Gasteiger charge is 2.22. The molecule has 4 N–H and O–H groups in total. The molecule has 2 aromatic rings. The third-order valence-corrected chi connectivity index (χ3v) is 4.20. The molecule has 0 aliphatic heterocycles. The minimum Gasteiger partial charge on any atom is -0.289 e. The van der Waals surface area contributed by atoms with Gasteiger partial charge in [-0.15, -0.1) is 0 Å². The summed E-state index contributed by atoms with van der Waals surface area (Å²) in [6.07, 6.45) is 1.10. The second kappa shape index (κ2) is 6.03. The minimum atomic E-state index is -3.40. The molecule has 0 bridgehead atoms. The monoisotopic (exact) mass is 350 g/mol. The zero-order valence-corrected chi connectivity index (χ0v) is 15.2. The maximum absolute atomic E-state index is 11.8. The van der Waals surface area contributed by atoms with Crippen LogP contribution in [0.15, 0.2) is 18.2 Å². The van der Waals surface area contributed by atoms with Crippen LogP contribution in [0.5, 0.6) is 0 Å². The van der Waals surface area contributed by atoms with Crippen molar-refractivity contribution in [1.29, 1.82) is 0 Å². The van der Waals surface area contributed by atoms with Gasteiger partial charge in [0.2, 0.25) is 10.0 Å². The number of anilines is 1. The van der Waals surface area contributed by atoms with Gasteiger partial charge in [0.15, 0.2) is 0 Å². The van der Waals surface area contributed by atoms with Crippen molar-refractivity contribution < 1.29 is 13.2 Å². The summed E-state index contributed by atoms with van der Waals surface area (Å²) in [6, 6.07) is 5.10. The van der Waals surface area contributed by atoms with Gasteiger partial charge in [0.1, 0.15) is 5.69 Å². The molecule has 130 valence electrons. The Morgan fingerprint density at radius 3 is 2.33 bits per heavy atom. The molecule has 0 atom stereocenters. The number of carbonyl (C=O) groups is 1. The van der Waals surface area contributed by atoms with Crippen molar-refractivity contribution in [2.75, 3.05) is 11.0 Å². The van der Waals surface area contributed by atoms with E-state index >= 15 is 0 Å². The van der Waals surface area contributed by atoms with Crippen LogP contribution in [0.4, 0.5) is 5.69 Å². The Hall–Kier alpha value is -2.19. The number of nitrogens with zero attached hydrogens (tertiary/aromatic N) is 1. The smallest absolute Gasteiger partial charge is 0.283 e. The first-order valence-electron chi connectivity index (χ1n) is 7.37. The third-order valence-electron chi connectivity index (χ3n) is 3.60. The molecule has 0 fully saturated rings. The van der Waals surface area contributed by atoms with E-state index in [-0.39, 0.29) is 11.1 Å². The van der Waals surface area contributed by atoms with Crippen LogP contribution in [0.1, 0.15) is 42.4 Å². The maximum Gasteiger partial charge on any atom is 0.283 e. The number of fused-ring (bicyclic) bond motifs is 1. The second-order valence-corrected chi connectivity index (χ2v) is 8.59. The number of nitrogens with two attached hydrogens (primary N) is 1. The molecule has 1 aromatic heterocycles. The number of nitrogen functional groups attached to an aromatic ring is 1. The Morgan fingerprint density at radius 1 is 1.21 bits per heavy atom. The van der Waals surface area contributed by atoms with Crippen LogP contribution < -0.4 is 16.0 Å². The number of hydrogen-bond donors (Lipinski definition) is 3. The van der Waals surface area contributed by atoms with Crippen molar-refractivity contribution in [2.45, 2.75) is 33.1 Å². The summed E-state index contributed by atoms with van der Waals surface area (Å²) >= 11 is 0. The lowest BCUT2D eigenvalue weighted by Crippen LogP contribution is -2.31. The molecular weight excluding hydrogens is 328 g/mol. The standard InChI is InChI=1S/C16H22N4O3S/c1-9-6-13(15(21)19-17)18-14-11(9)7-10(20-24(5,22)23)8-12(14)16(2,3)4/h6-8,20H,17H2,1-5H3,(H,19,21). The van der Waals surface area contributed by atoms with Gasteiger partial charge in [0.25, 0.3) is 5.91 Å². The molecule has 0 unspecified atom stereocenters. The van der Waals surface area contributed by atoms with E-state index < -0.39 is 15.9 Å². The van der Waals surface area contributed by atoms with Gasteiger partial charge in [-0.2, -0.15) is 0 Å². The van der Waals surface area contributed by atoms with E-state index in [1.807, 2.05) is 27.7 Å². The van der Waals surface area contributed by atoms with Crippen LogP contribution in [-0.4, -0.2) is 25.6 Å². The molecule has 7 nitrogen and oxygen atoms in total. The van der Waals surface area contributed by atoms with Crippen LogP contribution in [0, 0.1) is 6.92 Å². The van der Waals surface area contributed by atoms with E-state index in [1.54, 1.807) is 18.2 Å². The number of benzene rings is 1. The summed E-state index contributed by atoms with van der Waals surface area (Å²) in [7, 11) is -3.40. The Labute approximate surface area is 141 Å². The maximum atomic E-state index is 11.8. The molecule has 1 heterocycles. The van der Waals surface area contributed by atoms with E-state index in [0.717, 1.165) is 22.8 Å². The zero-order chi connectivity index (χ0) is 18.3. The summed E-state index contributed by atoms with van der Waals surface area (Å²) in [5.41, 5.74) is 4.76. The quantitative estimate of drug-likeness (QED) is 0.444. The first kappa shape index (κ1) is 18.2. The van der Waals surface area contributed by atoms with Crippen LogP contribution in [0.2, 0.25) is 0 Å². The van der Waals surface area contributed by atoms with Crippen molar-refractivity contribution in [3.05, 3.63) is 35.0 Å². The number of nitrogens with one attached hydrogen (secondary N) is 2. The lowest BCUT2D eigenvalue weighted by atomic mass is 9.84. The molecule has 0 aliphatic carbocycles. The number of hydrazine groups is 1. The van der Waals surface area contributed by atoms with E-state index in [0.29, 0.717) is 11.2 Å². The van der Waals surface area contributed by atoms with E-state index in [9.17, 15) is 13.2 Å². The summed E-state index contributed by atoms with van der Waals surface area (Å²) < 4.78 is 25.6. The second-order valence-electron chi connectivity index (χ2n) is 6.84. The molecule has 24 heavy (non-hydrogen) atoms. The van der Waals surface area contributed by atoms with E-state index in [1.165, 1.54) is 0 Å². The summed E-state index contributed by atoms with van der Waals surface area (Å²) in [4.78, 5) is 16.3. The van der Waals surface area contributed by atoms with Crippen LogP contribution in [0.25, 0.3) is 10.9 Å². The predicted molar refractivity (Wildman–Crippen MR) is 95.3 cm³/mol. The van der Waals surface area contributed by atoms with Gasteiger partial charge in [0.05, 0.1) is 11.8 Å². The molecule has 1 aromatic carbocycles. The van der Waals surface area contributed by atoms with Crippen LogP contribution >= 0.6 is 0 Å². The number of rotatable bonds is 3. The van der Waals surface area contributed by atoms with Crippen molar-refractivity contribution in [1.82, 2.24) is 10.4 Å². The fraction of sp³-hybridized carbons (Fsp3) is 0.375. The molecule has 0 saturated carbocycles. The topological polar surface area (TPSA) is 114 Å². The van der Waals surface area contributed by atoms with E-state index in [2.05, 4.69) is 15.1 Å². The fourth-order valence-electron chi connectivity index (χ4n) is 2.53. The number of hydrogen-bond acceptors (Lipinski definition) is 5. The normalized spacial score (nSPS) is 12.2. The number of carbonyl (C=O) groups excluding carboxylic acids is 1. The van der Waals surface area contributed by atoms with Gasteiger partial charge >= 0.3 is 0 Å². The molecule has 1 amide bonds. The van der Waals surface area contributed by atoms with Gasteiger partial charge in [-0.1, -0.05) is 20.8 Å². The van der Waals surface area contributed by atoms with Crippen LogP contribution in [0.3, 0.4) is 0 Å². The molecule has 8 heteroatoms. The fourth-order valence-corrected chi connectivity index (χ4v) is 3.07. The molecule has 2 rings (SSSR count). The minimum absolute atomic E-state index is 0.219. The van der Waals surface area contributed by atoms with Crippen molar-refractivity contribution in [3.63, 3.8) is 0 Å². The number of amides is 1. The SMILES string of the molecule is Cc1cc(C(=O)NN)nc2c(C(C)(C)C)cc(NS(C)(=O)=O)cc12. The summed E-state index contributed by atoms with van der Waals surface area (Å²) in [5, 5.41) is 0.780. The summed E-state index contributed by atoms with van der Waals surface area (Å²) in [5.74, 6) is 4.73. The van der Waals surface area contributed by atoms with E-state index in [4.69, 9.17) is 5.84 Å². The van der Waals surface area contributed by atoms with Crippen LogP contribution in [-0.2, 0) is 15.4 Å². The summed E-state index contributed by atoms with van der Waals surface area (Å²) in [6.45, 7) is 7.84.